The molecule has 0 saturated heterocycles. The summed E-state index contributed by atoms with van der Waals surface area (Å²) >= 11 is 0. The fourth-order valence-corrected chi connectivity index (χ4v) is 4.76. The molecule has 0 aliphatic carbocycles. The van der Waals surface area contributed by atoms with Crippen molar-refractivity contribution in [3.8, 4) is 0 Å². The molecule has 0 aliphatic heterocycles. The molecular formula is C28H46O4. The first-order chi connectivity index (χ1) is 15.4. The summed E-state index contributed by atoms with van der Waals surface area (Å²) in [7, 11) is 0. The Balaban J connectivity index is 3.73. The maximum Gasteiger partial charge on any atom is 0.336 e. The van der Waals surface area contributed by atoms with Crippen LogP contribution in [0.15, 0.2) is 0 Å². The van der Waals surface area contributed by atoms with Crippen molar-refractivity contribution in [1.29, 1.82) is 0 Å². The lowest BCUT2D eigenvalue weighted by Crippen LogP contribution is -2.20. The Morgan fingerprint density at radius 3 is 1.06 bits per heavy atom. The zero-order chi connectivity index (χ0) is 23.9. The zero-order valence-corrected chi connectivity index (χ0v) is 21.0. The van der Waals surface area contributed by atoms with Crippen LogP contribution in [0.1, 0.15) is 148 Å². The van der Waals surface area contributed by atoms with Crippen LogP contribution in [-0.2, 0) is 25.7 Å². The number of hydrogen-bond acceptors (Lipinski definition) is 2. The maximum absolute atomic E-state index is 12.5. The van der Waals surface area contributed by atoms with Crippen molar-refractivity contribution in [2.75, 3.05) is 0 Å². The maximum atomic E-state index is 12.5. The van der Waals surface area contributed by atoms with E-state index in [9.17, 15) is 19.8 Å². The summed E-state index contributed by atoms with van der Waals surface area (Å²) in [5.74, 6) is -2.16. The summed E-state index contributed by atoms with van der Waals surface area (Å²) in [6, 6.07) is 0. The molecule has 32 heavy (non-hydrogen) atoms. The Labute approximate surface area is 195 Å². The van der Waals surface area contributed by atoms with Crippen LogP contribution in [0.25, 0.3) is 0 Å². The van der Waals surface area contributed by atoms with E-state index in [4.69, 9.17) is 0 Å². The van der Waals surface area contributed by atoms with Crippen LogP contribution in [0, 0.1) is 0 Å². The molecule has 182 valence electrons. The number of aromatic carboxylic acids is 2. The van der Waals surface area contributed by atoms with Crippen molar-refractivity contribution >= 4 is 11.9 Å². The monoisotopic (exact) mass is 446 g/mol. The van der Waals surface area contributed by atoms with Crippen LogP contribution < -0.4 is 0 Å². The van der Waals surface area contributed by atoms with Gasteiger partial charge in [-0.1, -0.05) is 79.1 Å². The molecule has 1 aromatic rings. The van der Waals surface area contributed by atoms with Gasteiger partial charge in [0.05, 0.1) is 11.1 Å². The summed E-state index contributed by atoms with van der Waals surface area (Å²) in [6.07, 6.45) is 15.5. The Morgan fingerprint density at radius 2 is 0.781 bits per heavy atom. The fourth-order valence-electron chi connectivity index (χ4n) is 4.76. The zero-order valence-electron chi connectivity index (χ0n) is 21.0. The van der Waals surface area contributed by atoms with Gasteiger partial charge in [-0.2, -0.15) is 0 Å². The van der Waals surface area contributed by atoms with Crippen LogP contribution in [0.5, 0.6) is 0 Å². The summed E-state index contributed by atoms with van der Waals surface area (Å²) in [5.41, 5.74) is 4.08. The van der Waals surface area contributed by atoms with Gasteiger partial charge in [-0.15, -0.1) is 0 Å². The van der Waals surface area contributed by atoms with Crippen molar-refractivity contribution in [2.24, 2.45) is 0 Å². The lowest BCUT2D eigenvalue weighted by atomic mass is 9.79. The van der Waals surface area contributed by atoms with E-state index in [1.165, 1.54) is 0 Å². The molecule has 0 amide bonds. The minimum Gasteiger partial charge on any atom is -0.478 e. The van der Waals surface area contributed by atoms with E-state index in [1.54, 1.807) is 0 Å². The average Bonchev–Trinajstić information content (AvgIpc) is 2.76. The normalized spacial score (nSPS) is 11.1. The van der Waals surface area contributed by atoms with Gasteiger partial charge in [0.25, 0.3) is 0 Å². The van der Waals surface area contributed by atoms with Gasteiger partial charge < -0.3 is 10.2 Å². The highest BCUT2D eigenvalue weighted by atomic mass is 16.4. The molecule has 1 rings (SSSR count). The van der Waals surface area contributed by atoms with Gasteiger partial charge in [-0.05, 0) is 73.6 Å². The van der Waals surface area contributed by atoms with Crippen LogP contribution in [0.4, 0.5) is 0 Å². The highest BCUT2D eigenvalue weighted by molar-refractivity contribution is 6.04. The number of carboxylic acids is 2. The topological polar surface area (TPSA) is 74.6 Å². The van der Waals surface area contributed by atoms with Gasteiger partial charge in [0.1, 0.15) is 0 Å². The third-order valence-corrected chi connectivity index (χ3v) is 6.50. The smallest absolute Gasteiger partial charge is 0.336 e. The largest absolute Gasteiger partial charge is 0.478 e. The Kier molecular flexibility index (Phi) is 14.0. The molecule has 4 nitrogen and oxygen atoms in total. The van der Waals surface area contributed by atoms with Crippen LogP contribution >= 0.6 is 0 Å². The first-order valence-corrected chi connectivity index (χ1v) is 13.1. The minimum atomic E-state index is -1.08. The molecule has 0 heterocycles. The van der Waals surface area contributed by atoms with Crippen molar-refractivity contribution in [2.45, 2.75) is 130 Å². The van der Waals surface area contributed by atoms with E-state index >= 15 is 0 Å². The SMILES string of the molecule is CCCCCCc1c(CCCC)c(CCCC)c(CCCCCC)c(C(=O)O)c1C(=O)O. The number of rotatable bonds is 18. The fraction of sp³-hybridized carbons (Fsp3) is 0.714. The average molecular weight is 447 g/mol. The van der Waals surface area contributed by atoms with Gasteiger partial charge in [0, 0.05) is 0 Å². The second-order valence-electron chi connectivity index (χ2n) is 9.10. The number of benzene rings is 1. The molecular weight excluding hydrogens is 400 g/mol. The van der Waals surface area contributed by atoms with Gasteiger partial charge in [-0.25, -0.2) is 9.59 Å². The molecule has 0 fully saturated rings. The van der Waals surface area contributed by atoms with Gasteiger partial charge >= 0.3 is 11.9 Å². The summed E-state index contributed by atoms with van der Waals surface area (Å²) in [5, 5.41) is 20.4. The molecule has 0 spiro atoms. The summed E-state index contributed by atoms with van der Waals surface area (Å²) in [6.45, 7) is 8.63. The predicted octanol–water partition coefficient (Wildman–Crippen LogP) is 8.01. The number of hydrogen-bond donors (Lipinski definition) is 2. The molecule has 1 aromatic carbocycles. The van der Waals surface area contributed by atoms with Crippen LogP contribution in [-0.4, -0.2) is 22.2 Å². The standard InChI is InChI=1S/C28H46O4/c1-5-9-13-15-19-23-21(17-11-7-3)22(18-12-8-4)24(20-16-14-10-6-2)26(28(31)32)25(23)27(29)30/h5-20H2,1-4H3,(H,29,30)(H,31,32). The van der Waals surface area contributed by atoms with E-state index in [0.717, 1.165) is 112 Å². The predicted molar refractivity (Wildman–Crippen MR) is 133 cm³/mol. The third-order valence-electron chi connectivity index (χ3n) is 6.50. The molecule has 0 unspecified atom stereocenters. The molecule has 4 heteroatoms. The van der Waals surface area contributed by atoms with Crippen LogP contribution in [0.2, 0.25) is 0 Å². The molecule has 0 radical (unpaired) electrons. The van der Waals surface area contributed by atoms with E-state index in [0.29, 0.717) is 12.8 Å². The van der Waals surface area contributed by atoms with Crippen molar-refractivity contribution in [1.82, 2.24) is 0 Å². The molecule has 0 atom stereocenters. The van der Waals surface area contributed by atoms with Gasteiger partial charge in [0.15, 0.2) is 0 Å². The van der Waals surface area contributed by atoms with Gasteiger partial charge in [-0.3, -0.25) is 0 Å². The Morgan fingerprint density at radius 1 is 0.469 bits per heavy atom. The quantitative estimate of drug-likeness (QED) is 0.224. The number of unbranched alkanes of at least 4 members (excludes halogenated alkanes) is 8. The molecule has 0 saturated carbocycles. The van der Waals surface area contributed by atoms with Crippen molar-refractivity contribution in [3.63, 3.8) is 0 Å². The number of carboxylic acid groups (broad SMARTS) is 2. The highest BCUT2D eigenvalue weighted by Gasteiger charge is 2.29. The molecule has 0 aliphatic rings. The van der Waals surface area contributed by atoms with Crippen molar-refractivity contribution in [3.05, 3.63) is 33.4 Å². The number of carbonyl (C=O) groups is 2. The first kappa shape index (κ1) is 28.2. The second-order valence-corrected chi connectivity index (χ2v) is 9.10. The van der Waals surface area contributed by atoms with E-state index in [1.807, 2.05) is 0 Å². The third kappa shape index (κ3) is 8.26. The van der Waals surface area contributed by atoms with E-state index < -0.39 is 11.9 Å². The van der Waals surface area contributed by atoms with Gasteiger partial charge in [0.2, 0.25) is 0 Å². The summed E-state index contributed by atoms with van der Waals surface area (Å²) < 4.78 is 0. The molecule has 2 N–H and O–H groups in total. The summed E-state index contributed by atoms with van der Waals surface area (Å²) in [4.78, 5) is 24.9. The molecule has 0 aromatic heterocycles. The minimum absolute atomic E-state index is 0.0749. The molecule has 0 bridgehead atoms. The second kappa shape index (κ2) is 15.9. The van der Waals surface area contributed by atoms with Crippen LogP contribution in [0.3, 0.4) is 0 Å². The van der Waals surface area contributed by atoms with Crippen molar-refractivity contribution < 1.29 is 19.8 Å². The lowest BCUT2D eigenvalue weighted by molar-refractivity contribution is 0.0649. The Hall–Kier alpha value is -1.84. The lowest BCUT2D eigenvalue weighted by Gasteiger charge is -2.24. The van der Waals surface area contributed by atoms with E-state index in [2.05, 4.69) is 27.7 Å². The van der Waals surface area contributed by atoms with E-state index in [-0.39, 0.29) is 11.1 Å². The highest BCUT2D eigenvalue weighted by Crippen LogP contribution is 2.34. The Bertz CT molecular complexity index is 660. The first-order valence-electron chi connectivity index (χ1n) is 13.1.